The summed E-state index contributed by atoms with van der Waals surface area (Å²) in [6.07, 6.45) is 1.89. The molecule has 0 aliphatic carbocycles. The van der Waals surface area contributed by atoms with Crippen molar-refractivity contribution in [2.75, 3.05) is 18.9 Å². The summed E-state index contributed by atoms with van der Waals surface area (Å²) in [7, 11) is 1.73. The van der Waals surface area contributed by atoms with Crippen LogP contribution < -0.4 is 5.32 Å². The highest BCUT2D eigenvalue weighted by atomic mass is 16.2. The summed E-state index contributed by atoms with van der Waals surface area (Å²) in [6.45, 7) is 4.73. The number of hydrogen-bond acceptors (Lipinski definition) is 2. The van der Waals surface area contributed by atoms with Gasteiger partial charge in [0, 0.05) is 19.3 Å². The van der Waals surface area contributed by atoms with E-state index in [0.29, 0.717) is 6.54 Å². The maximum Gasteiger partial charge on any atom is 0.233 e. The Bertz CT molecular complexity index is 444. The normalized spacial score (nSPS) is 10.1. The zero-order valence-electron chi connectivity index (χ0n) is 11.9. The average Bonchev–Trinajstić information content (AvgIpc) is 2.35. The largest absolute Gasteiger partial charge is 0.345 e. The average molecular weight is 262 g/mol. The molecule has 4 nitrogen and oxygen atoms in total. The van der Waals surface area contributed by atoms with Crippen LogP contribution in [0.3, 0.4) is 0 Å². The van der Waals surface area contributed by atoms with Crippen molar-refractivity contribution in [1.29, 1.82) is 0 Å². The molecule has 0 unspecified atom stereocenters. The van der Waals surface area contributed by atoms with Gasteiger partial charge in [0.1, 0.15) is 6.42 Å². The molecule has 0 atom stereocenters. The maximum absolute atomic E-state index is 11.8. The van der Waals surface area contributed by atoms with Crippen LogP contribution in [0.4, 0.5) is 5.69 Å². The molecule has 0 aliphatic rings. The van der Waals surface area contributed by atoms with Gasteiger partial charge < -0.3 is 10.2 Å². The van der Waals surface area contributed by atoms with Crippen molar-refractivity contribution in [3.05, 3.63) is 29.8 Å². The standard InChI is InChI=1S/C15H22N2O2/c1-4-5-9-17(3)15(19)11-14(18)16-13-8-6-7-12(2)10-13/h6-8,10H,4-5,9,11H2,1-3H3,(H,16,18). The van der Waals surface area contributed by atoms with Gasteiger partial charge >= 0.3 is 0 Å². The second-order valence-electron chi connectivity index (χ2n) is 4.76. The van der Waals surface area contributed by atoms with Gasteiger partial charge in [-0.05, 0) is 31.0 Å². The Kier molecular flexibility index (Phi) is 6.06. The quantitative estimate of drug-likeness (QED) is 0.801. The predicted molar refractivity (Wildman–Crippen MR) is 77.0 cm³/mol. The molecule has 4 heteroatoms. The predicted octanol–water partition coefficient (Wildman–Crippen LogP) is 2.58. The van der Waals surface area contributed by atoms with Crippen molar-refractivity contribution >= 4 is 17.5 Å². The summed E-state index contributed by atoms with van der Waals surface area (Å²) in [5.41, 5.74) is 1.80. The van der Waals surface area contributed by atoms with Crippen LogP contribution in [0.5, 0.6) is 0 Å². The highest BCUT2D eigenvalue weighted by molar-refractivity contribution is 6.03. The first kappa shape index (κ1) is 15.2. The number of rotatable bonds is 6. The molecule has 1 rings (SSSR count). The first-order chi connectivity index (χ1) is 9.02. The van der Waals surface area contributed by atoms with E-state index in [0.717, 1.165) is 24.1 Å². The lowest BCUT2D eigenvalue weighted by Crippen LogP contribution is -2.31. The Hall–Kier alpha value is -1.84. The fraction of sp³-hybridized carbons (Fsp3) is 0.467. The Morgan fingerprint density at radius 1 is 1.32 bits per heavy atom. The van der Waals surface area contributed by atoms with Gasteiger partial charge in [-0.3, -0.25) is 9.59 Å². The number of hydrogen-bond donors (Lipinski definition) is 1. The molecule has 2 amide bonds. The van der Waals surface area contributed by atoms with Crippen LogP contribution in [-0.4, -0.2) is 30.3 Å². The molecule has 0 radical (unpaired) electrons. The number of nitrogens with zero attached hydrogens (tertiary/aromatic N) is 1. The van der Waals surface area contributed by atoms with Gasteiger partial charge in [0.25, 0.3) is 0 Å². The van der Waals surface area contributed by atoms with Crippen molar-refractivity contribution < 1.29 is 9.59 Å². The van der Waals surface area contributed by atoms with Gasteiger partial charge in [-0.2, -0.15) is 0 Å². The van der Waals surface area contributed by atoms with Crippen LogP contribution in [0.25, 0.3) is 0 Å². The van der Waals surface area contributed by atoms with E-state index in [9.17, 15) is 9.59 Å². The topological polar surface area (TPSA) is 49.4 Å². The van der Waals surface area contributed by atoms with Crippen LogP contribution in [0.15, 0.2) is 24.3 Å². The molecule has 0 aromatic heterocycles. The van der Waals surface area contributed by atoms with E-state index in [2.05, 4.69) is 12.2 Å². The Balaban J connectivity index is 2.44. The summed E-state index contributed by atoms with van der Waals surface area (Å²) in [6, 6.07) is 7.53. The number of anilines is 1. The van der Waals surface area contributed by atoms with E-state index in [-0.39, 0.29) is 18.2 Å². The summed E-state index contributed by atoms with van der Waals surface area (Å²) >= 11 is 0. The lowest BCUT2D eigenvalue weighted by Gasteiger charge is -2.16. The third-order valence-electron chi connectivity index (χ3n) is 2.89. The van der Waals surface area contributed by atoms with E-state index >= 15 is 0 Å². The first-order valence-corrected chi connectivity index (χ1v) is 6.63. The van der Waals surface area contributed by atoms with Crippen LogP contribution in [-0.2, 0) is 9.59 Å². The number of unbranched alkanes of at least 4 members (excludes halogenated alkanes) is 1. The SMILES string of the molecule is CCCCN(C)C(=O)CC(=O)Nc1cccc(C)c1. The molecular formula is C15H22N2O2. The van der Waals surface area contributed by atoms with Gasteiger partial charge in [0.05, 0.1) is 0 Å². The molecule has 1 N–H and O–H groups in total. The number of carbonyl (C=O) groups excluding carboxylic acids is 2. The number of aryl methyl sites for hydroxylation is 1. The number of carbonyl (C=O) groups is 2. The van der Waals surface area contributed by atoms with Gasteiger partial charge in [-0.25, -0.2) is 0 Å². The third kappa shape index (κ3) is 5.55. The van der Waals surface area contributed by atoms with Crippen molar-refractivity contribution in [3.63, 3.8) is 0 Å². The van der Waals surface area contributed by atoms with Gasteiger partial charge in [-0.15, -0.1) is 0 Å². The number of amides is 2. The molecule has 0 saturated carbocycles. The van der Waals surface area contributed by atoms with E-state index in [1.54, 1.807) is 11.9 Å². The second-order valence-corrected chi connectivity index (χ2v) is 4.76. The molecule has 0 spiro atoms. The van der Waals surface area contributed by atoms with E-state index in [1.165, 1.54) is 0 Å². The van der Waals surface area contributed by atoms with Gasteiger partial charge in [0.2, 0.25) is 11.8 Å². The van der Waals surface area contributed by atoms with Crippen LogP contribution >= 0.6 is 0 Å². The second kappa shape index (κ2) is 7.56. The van der Waals surface area contributed by atoms with Crippen molar-refractivity contribution in [3.8, 4) is 0 Å². The highest BCUT2D eigenvalue weighted by Crippen LogP contribution is 2.10. The Morgan fingerprint density at radius 2 is 2.05 bits per heavy atom. The zero-order valence-corrected chi connectivity index (χ0v) is 11.9. The monoisotopic (exact) mass is 262 g/mol. The van der Waals surface area contributed by atoms with Crippen molar-refractivity contribution in [1.82, 2.24) is 4.90 Å². The van der Waals surface area contributed by atoms with Crippen molar-refractivity contribution in [2.24, 2.45) is 0 Å². The highest BCUT2D eigenvalue weighted by Gasteiger charge is 2.13. The Labute approximate surface area is 114 Å². The molecule has 0 aliphatic heterocycles. The van der Waals surface area contributed by atoms with Gasteiger partial charge in [0.15, 0.2) is 0 Å². The lowest BCUT2D eigenvalue weighted by atomic mass is 10.2. The van der Waals surface area contributed by atoms with Crippen LogP contribution in [0.1, 0.15) is 31.7 Å². The van der Waals surface area contributed by atoms with Crippen LogP contribution in [0, 0.1) is 6.92 Å². The molecule has 0 bridgehead atoms. The van der Waals surface area contributed by atoms with Gasteiger partial charge in [-0.1, -0.05) is 25.5 Å². The summed E-state index contributed by atoms with van der Waals surface area (Å²) in [4.78, 5) is 25.1. The minimum Gasteiger partial charge on any atom is -0.345 e. The third-order valence-corrected chi connectivity index (χ3v) is 2.89. The number of nitrogens with one attached hydrogen (secondary N) is 1. The molecule has 104 valence electrons. The zero-order chi connectivity index (χ0) is 14.3. The fourth-order valence-electron chi connectivity index (χ4n) is 1.72. The molecule has 1 aromatic carbocycles. The van der Waals surface area contributed by atoms with E-state index in [4.69, 9.17) is 0 Å². The smallest absolute Gasteiger partial charge is 0.233 e. The summed E-state index contributed by atoms with van der Waals surface area (Å²) < 4.78 is 0. The molecular weight excluding hydrogens is 240 g/mol. The maximum atomic E-state index is 11.8. The molecule has 19 heavy (non-hydrogen) atoms. The first-order valence-electron chi connectivity index (χ1n) is 6.63. The fourth-order valence-corrected chi connectivity index (χ4v) is 1.72. The van der Waals surface area contributed by atoms with E-state index < -0.39 is 0 Å². The van der Waals surface area contributed by atoms with Crippen LogP contribution in [0.2, 0.25) is 0 Å². The summed E-state index contributed by atoms with van der Waals surface area (Å²) in [5.74, 6) is -0.405. The molecule has 0 fully saturated rings. The molecule has 0 saturated heterocycles. The lowest BCUT2D eigenvalue weighted by molar-refractivity contribution is -0.133. The number of benzene rings is 1. The minimum atomic E-state index is -0.265. The minimum absolute atomic E-state index is 0.103. The van der Waals surface area contributed by atoms with Crippen molar-refractivity contribution in [2.45, 2.75) is 33.1 Å². The summed E-state index contributed by atoms with van der Waals surface area (Å²) in [5, 5.41) is 2.74. The molecule has 0 heterocycles. The van der Waals surface area contributed by atoms with E-state index in [1.807, 2.05) is 31.2 Å². The molecule has 1 aromatic rings. The Morgan fingerprint density at radius 3 is 2.68 bits per heavy atom.